The first-order chi connectivity index (χ1) is 10.6. The lowest BCUT2D eigenvalue weighted by molar-refractivity contribution is 0.164. The number of fused-ring (bicyclic) bond motifs is 1. The van der Waals surface area contributed by atoms with Gasteiger partial charge in [-0.2, -0.15) is 5.10 Å². The molecule has 0 spiro atoms. The molecule has 0 radical (unpaired) electrons. The second-order valence-electron chi connectivity index (χ2n) is 6.58. The molecule has 0 saturated carbocycles. The first-order valence-electron chi connectivity index (χ1n) is 7.62. The Morgan fingerprint density at radius 2 is 1.77 bits per heavy atom. The Morgan fingerprint density at radius 3 is 2.27 bits per heavy atom. The van der Waals surface area contributed by atoms with E-state index in [-0.39, 0.29) is 16.3 Å². The van der Waals surface area contributed by atoms with Gasteiger partial charge in [-0.25, -0.2) is 0 Å². The zero-order valence-electron chi connectivity index (χ0n) is 12.4. The molecule has 4 fully saturated rings. The normalized spacial score (nSPS) is 38.3. The van der Waals surface area contributed by atoms with Gasteiger partial charge in [0.05, 0.1) is 16.8 Å². The zero-order chi connectivity index (χ0) is 15.3. The number of hydrazone groups is 1. The molecule has 2 atom stereocenters. The fourth-order valence-electron chi connectivity index (χ4n) is 4.44. The van der Waals surface area contributed by atoms with E-state index in [0.717, 1.165) is 50.5 Å². The average Bonchev–Trinajstić information content (AvgIpc) is 2.76. The summed E-state index contributed by atoms with van der Waals surface area (Å²) in [7, 11) is 0. The van der Waals surface area contributed by atoms with Crippen molar-refractivity contribution >= 4 is 11.4 Å². The number of benzene rings is 1. The molecule has 4 aliphatic rings. The van der Waals surface area contributed by atoms with E-state index in [1.54, 1.807) is 12.1 Å². The number of hydrogen-bond donors (Lipinski definition) is 2. The average molecular weight is 302 g/mol. The summed E-state index contributed by atoms with van der Waals surface area (Å²) >= 11 is 0. The van der Waals surface area contributed by atoms with E-state index >= 15 is 0 Å². The second-order valence-corrected chi connectivity index (χ2v) is 6.58. The molecule has 5 rings (SSSR count). The van der Waals surface area contributed by atoms with Crippen LogP contribution in [0, 0.1) is 11.1 Å². The van der Waals surface area contributed by atoms with Gasteiger partial charge in [0.25, 0.3) is 0 Å². The van der Waals surface area contributed by atoms with Crippen molar-refractivity contribution in [3.63, 3.8) is 0 Å². The summed E-state index contributed by atoms with van der Waals surface area (Å²) in [5.41, 5.74) is 2.23. The molecule has 0 amide bonds. The quantitative estimate of drug-likeness (QED) is 0.599. The minimum Gasteiger partial charge on any atom is -0.733 e. The molecule has 1 aromatic rings. The van der Waals surface area contributed by atoms with Gasteiger partial charge in [-0.1, -0.05) is 12.1 Å². The summed E-state index contributed by atoms with van der Waals surface area (Å²) in [6.07, 6.45) is 0. The molecule has 3 N–H and O–H groups in total. The van der Waals surface area contributed by atoms with Crippen LogP contribution < -0.4 is 11.1 Å². The van der Waals surface area contributed by atoms with Crippen molar-refractivity contribution < 1.29 is 5.21 Å². The standard InChI is InChI=1S/C15H20N5O2/c16-17-14-11-7-18-5-6-19(8-11)10-15(14,9-18)12-1-3-13(4-2-12)20(21)22/h1-4,11,21H,5-10,16H2/q-1/b17-14+. The molecule has 1 aromatic carbocycles. The van der Waals surface area contributed by atoms with Gasteiger partial charge in [-0.05, 0) is 17.7 Å². The molecule has 2 unspecified atom stereocenters. The third kappa shape index (κ3) is 1.94. The minimum absolute atomic E-state index is 0.110. The Bertz CT molecular complexity index is 584. The molecule has 4 heterocycles. The van der Waals surface area contributed by atoms with E-state index in [1.807, 2.05) is 12.1 Å². The lowest BCUT2D eigenvalue weighted by Gasteiger charge is -2.50. The smallest absolute Gasteiger partial charge is 0.0611 e. The third-order valence-corrected chi connectivity index (χ3v) is 5.33. The number of hydrogen-bond acceptors (Lipinski definition) is 7. The van der Waals surface area contributed by atoms with Gasteiger partial charge in [0, 0.05) is 45.2 Å². The van der Waals surface area contributed by atoms with Crippen molar-refractivity contribution in [2.24, 2.45) is 16.9 Å². The molecular weight excluding hydrogens is 282 g/mol. The number of rotatable bonds is 2. The lowest BCUT2D eigenvalue weighted by Crippen LogP contribution is -2.64. The van der Waals surface area contributed by atoms with Gasteiger partial charge in [0.15, 0.2) is 0 Å². The molecule has 4 bridgehead atoms. The first-order valence-corrected chi connectivity index (χ1v) is 7.62. The van der Waals surface area contributed by atoms with Gasteiger partial charge in [-0.3, -0.25) is 5.21 Å². The highest BCUT2D eigenvalue weighted by Crippen LogP contribution is 2.41. The summed E-state index contributed by atoms with van der Waals surface area (Å²) in [5.74, 6) is 6.14. The van der Waals surface area contributed by atoms with Crippen LogP contribution >= 0.6 is 0 Å². The van der Waals surface area contributed by atoms with Crippen LogP contribution in [0.2, 0.25) is 0 Å². The predicted molar refractivity (Wildman–Crippen MR) is 83.7 cm³/mol. The molecular formula is C15H20N5O2-. The van der Waals surface area contributed by atoms with Crippen LogP contribution in [0.5, 0.6) is 0 Å². The highest BCUT2D eigenvalue weighted by molar-refractivity contribution is 5.99. The van der Waals surface area contributed by atoms with Crippen molar-refractivity contribution in [2.75, 3.05) is 44.5 Å². The molecule has 118 valence electrons. The number of nitrogens with two attached hydrogens (primary N) is 1. The SMILES string of the molecule is N/N=C1\C2CN3CCN(C2)CC1(c1ccc(N([O-])O)cc1)C3. The summed E-state index contributed by atoms with van der Waals surface area (Å²) in [6, 6.07) is 7.13. The number of nitrogens with zero attached hydrogens (tertiary/aromatic N) is 4. The van der Waals surface area contributed by atoms with Crippen LogP contribution in [0.25, 0.3) is 0 Å². The summed E-state index contributed by atoms with van der Waals surface area (Å²) in [5, 5.41) is 24.1. The second kappa shape index (κ2) is 4.92. The Kier molecular flexibility index (Phi) is 3.12. The molecule has 4 aliphatic heterocycles. The van der Waals surface area contributed by atoms with E-state index in [1.165, 1.54) is 0 Å². The monoisotopic (exact) mass is 302 g/mol. The van der Waals surface area contributed by atoms with Crippen LogP contribution in [0.4, 0.5) is 5.69 Å². The van der Waals surface area contributed by atoms with Crippen molar-refractivity contribution in [3.8, 4) is 0 Å². The van der Waals surface area contributed by atoms with Crippen molar-refractivity contribution in [3.05, 3.63) is 35.0 Å². The first kappa shape index (κ1) is 14.0. The molecule has 22 heavy (non-hydrogen) atoms. The van der Waals surface area contributed by atoms with Gasteiger partial charge in [0.2, 0.25) is 0 Å². The van der Waals surface area contributed by atoms with E-state index in [9.17, 15) is 5.21 Å². The maximum Gasteiger partial charge on any atom is 0.0611 e. The van der Waals surface area contributed by atoms with Crippen LogP contribution in [-0.4, -0.2) is 60.0 Å². The Hall–Kier alpha value is -1.67. The fourth-order valence-corrected chi connectivity index (χ4v) is 4.44. The van der Waals surface area contributed by atoms with Crippen LogP contribution in [0.1, 0.15) is 5.56 Å². The molecule has 0 aliphatic carbocycles. The highest BCUT2D eigenvalue weighted by atomic mass is 16.8. The van der Waals surface area contributed by atoms with Gasteiger partial charge >= 0.3 is 0 Å². The highest BCUT2D eigenvalue weighted by Gasteiger charge is 2.53. The number of piperidine rings is 2. The van der Waals surface area contributed by atoms with Crippen molar-refractivity contribution in [1.29, 1.82) is 0 Å². The van der Waals surface area contributed by atoms with Crippen LogP contribution in [-0.2, 0) is 5.41 Å². The van der Waals surface area contributed by atoms with E-state index < -0.39 is 0 Å². The fraction of sp³-hybridized carbons (Fsp3) is 0.533. The maximum atomic E-state index is 11.0. The number of anilines is 1. The summed E-state index contributed by atoms with van der Waals surface area (Å²) in [6.45, 7) is 6.04. The Morgan fingerprint density at radius 1 is 1.18 bits per heavy atom. The van der Waals surface area contributed by atoms with Crippen LogP contribution in [0.15, 0.2) is 29.4 Å². The van der Waals surface area contributed by atoms with E-state index in [0.29, 0.717) is 5.92 Å². The molecule has 7 nitrogen and oxygen atoms in total. The molecule has 4 saturated heterocycles. The molecule has 0 aromatic heterocycles. The zero-order valence-corrected chi connectivity index (χ0v) is 12.4. The van der Waals surface area contributed by atoms with Crippen molar-refractivity contribution in [2.45, 2.75) is 5.41 Å². The third-order valence-electron chi connectivity index (χ3n) is 5.33. The maximum absolute atomic E-state index is 11.0. The lowest BCUT2D eigenvalue weighted by atomic mass is 9.66. The van der Waals surface area contributed by atoms with Crippen molar-refractivity contribution in [1.82, 2.24) is 9.80 Å². The van der Waals surface area contributed by atoms with Gasteiger partial charge in [-0.15, -0.1) is 0 Å². The summed E-state index contributed by atoms with van der Waals surface area (Å²) < 4.78 is 0. The largest absolute Gasteiger partial charge is 0.733 e. The minimum atomic E-state index is -0.200. The Balaban J connectivity index is 1.79. The van der Waals surface area contributed by atoms with E-state index in [2.05, 4.69) is 14.9 Å². The van der Waals surface area contributed by atoms with E-state index in [4.69, 9.17) is 11.0 Å². The predicted octanol–water partition coefficient (Wildman–Crippen LogP) is 0.194. The van der Waals surface area contributed by atoms with Gasteiger partial charge in [0.1, 0.15) is 0 Å². The summed E-state index contributed by atoms with van der Waals surface area (Å²) in [4.78, 5) is 4.98. The topological polar surface area (TPSA) is 91.4 Å². The Labute approximate surface area is 129 Å². The van der Waals surface area contributed by atoms with Gasteiger partial charge < -0.3 is 26.1 Å². The van der Waals surface area contributed by atoms with Crippen LogP contribution in [0.3, 0.4) is 0 Å². The molecule has 7 heteroatoms.